The minimum atomic E-state index is 0.635. The molecule has 2 unspecified atom stereocenters. The highest BCUT2D eigenvalue weighted by Crippen LogP contribution is 2.41. The summed E-state index contributed by atoms with van der Waals surface area (Å²) >= 11 is 0. The quantitative estimate of drug-likeness (QED) is 0.821. The van der Waals surface area contributed by atoms with Crippen LogP contribution in [-0.4, -0.2) is 19.7 Å². The highest BCUT2D eigenvalue weighted by molar-refractivity contribution is 5.46. The molecule has 1 N–H and O–H groups in total. The summed E-state index contributed by atoms with van der Waals surface area (Å²) in [4.78, 5) is 0. The molecule has 1 aliphatic carbocycles. The first-order valence-corrected chi connectivity index (χ1v) is 6.32. The number of benzene rings is 1. The van der Waals surface area contributed by atoms with E-state index in [2.05, 4.69) is 30.6 Å². The average Bonchev–Trinajstić information content (AvgIpc) is 2.96. The van der Waals surface area contributed by atoms with Gasteiger partial charge >= 0.3 is 0 Å². The lowest BCUT2D eigenvalue weighted by Gasteiger charge is -2.21. The van der Waals surface area contributed by atoms with E-state index in [4.69, 9.17) is 4.74 Å². The standard InChI is InChI=1S/C14H19NO/c1-15-13-7-3-5-11(13)12-6-2-4-10-8-9-16-14(10)12/h2,4,6,11,13,15H,3,5,7-9H2,1H3. The third-order valence-electron chi connectivity index (χ3n) is 4.03. The first kappa shape index (κ1) is 10.2. The molecule has 2 aliphatic rings. The van der Waals surface area contributed by atoms with Crippen molar-refractivity contribution in [2.24, 2.45) is 0 Å². The molecule has 1 heterocycles. The molecule has 1 aromatic rings. The molecule has 16 heavy (non-hydrogen) atoms. The Balaban J connectivity index is 1.97. The molecule has 2 atom stereocenters. The van der Waals surface area contributed by atoms with E-state index in [1.807, 2.05) is 0 Å². The van der Waals surface area contributed by atoms with Crippen LogP contribution >= 0.6 is 0 Å². The number of para-hydroxylation sites is 1. The summed E-state index contributed by atoms with van der Waals surface area (Å²) in [6.45, 7) is 0.864. The fourth-order valence-electron chi connectivity index (χ4n) is 3.21. The third kappa shape index (κ3) is 1.52. The second-order valence-corrected chi connectivity index (χ2v) is 4.87. The van der Waals surface area contributed by atoms with Crippen molar-refractivity contribution >= 4 is 0 Å². The number of nitrogens with one attached hydrogen (secondary N) is 1. The van der Waals surface area contributed by atoms with Crippen molar-refractivity contribution in [3.8, 4) is 5.75 Å². The molecule has 2 heteroatoms. The molecule has 1 fully saturated rings. The van der Waals surface area contributed by atoms with Crippen molar-refractivity contribution in [3.63, 3.8) is 0 Å². The Kier molecular flexibility index (Phi) is 2.60. The average molecular weight is 217 g/mol. The first-order chi connectivity index (χ1) is 7.90. The number of hydrogen-bond donors (Lipinski definition) is 1. The van der Waals surface area contributed by atoms with Gasteiger partial charge in [0.15, 0.2) is 0 Å². The normalized spacial score (nSPS) is 27.8. The third-order valence-corrected chi connectivity index (χ3v) is 4.03. The zero-order valence-electron chi connectivity index (χ0n) is 9.83. The van der Waals surface area contributed by atoms with E-state index in [1.165, 1.54) is 36.1 Å². The van der Waals surface area contributed by atoms with Crippen LogP contribution < -0.4 is 10.1 Å². The molecule has 1 aromatic carbocycles. The van der Waals surface area contributed by atoms with Crippen molar-refractivity contribution in [2.45, 2.75) is 37.6 Å². The monoisotopic (exact) mass is 217 g/mol. The molecule has 1 saturated carbocycles. The van der Waals surface area contributed by atoms with E-state index in [0.717, 1.165) is 13.0 Å². The predicted octanol–water partition coefficient (Wildman–Crippen LogP) is 2.48. The van der Waals surface area contributed by atoms with Gasteiger partial charge in [0.25, 0.3) is 0 Å². The molecular weight excluding hydrogens is 198 g/mol. The molecular formula is C14H19NO. The lowest BCUT2D eigenvalue weighted by Crippen LogP contribution is -2.27. The van der Waals surface area contributed by atoms with Gasteiger partial charge < -0.3 is 10.1 Å². The molecule has 1 aliphatic heterocycles. The van der Waals surface area contributed by atoms with Gasteiger partial charge in [-0.3, -0.25) is 0 Å². The second kappa shape index (κ2) is 4.10. The van der Waals surface area contributed by atoms with Crippen LogP contribution in [0.4, 0.5) is 0 Å². The Hall–Kier alpha value is -1.02. The minimum absolute atomic E-state index is 0.635. The summed E-state index contributed by atoms with van der Waals surface area (Å²) in [5.74, 6) is 1.84. The summed E-state index contributed by atoms with van der Waals surface area (Å²) < 4.78 is 5.81. The van der Waals surface area contributed by atoms with Crippen LogP contribution in [0.5, 0.6) is 5.75 Å². The first-order valence-electron chi connectivity index (χ1n) is 6.32. The Morgan fingerprint density at radius 1 is 1.31 bits per heavy atom. The Labute approximate surface area is 97.0 Å². The zero-order valence-corrected chi connectivity index (χ0v) is 9.83. The molecule has 0 amide bonds. The molecule has 86 valence electrons. The maximum absolute atomic E-state index is 5.81. The maximum Gasteiger partial charge on any atom is 0.126 e. The predicted molar refractivity (Wildman–Crippen MR) is 65.1 cm³/mol. The van der Waals surface area contributed by atoms with E-state index >= 15 is 0 Å². The Morgan fingerprint density at radius 3 is 3.12 bits per heavy atom. The van der Waals surface area contributed by atoms with Crippen LogP contribution in [0.25, 0.3) is 0 Å². The SMILES string of the molecule is CNC1CCCC1c1cccc2c1OCC2. The van der Waals surface area contributed by atoms with Crippen molar-refractivity contribution in [1.82, 2.24) is 5.32 Å². The largest absolute Gasteiger partial charge is 0.493 e. The summed E-state index contributed by atoms with van der Waals surface area (Å²) in [5.41, 5.74) is 2.84. The zero-order chi connectivity index (χ0) is 11.0. The van der Waals surface area contributed by atoms with Gasteiger partial charge in [0.2, 0.25) is 0 Å². The smallest absolute Gasteiger partial charge is 0.126 e. The van der Waals surface area contributed by atoms with E-state index in [9.17, 15) is 0 Å². The second-order valence-electron chi connectivity index (χ2n) is 4.87. The van der Waals surface area contributed by atoms with E-state index in [1.54, 1.807) is 0 Å². The lowest BCUT2D eigenvalue weighted by atomic mass is 9.91. The van der Waals surface area contributed by atoms with Gasteiger partial charge in [0.1, 0.15) is 5.75 Å². The van der Waals surface area contributed by atoms with Crippen molar-refractivity contribution < 1.29 is 4.74 Å². The van der Waals surface area contributed by atoms with Gasteiger partial charge in [-0.25, -0.2) is 0 Å². The van der Waals surface area contributed by atoms with Crippen molar-refractivity contribution in [3.05, 3.63) is 29.3 Å². The van der Waals surface area contributed by atoms with Crippen molar-refractivity contribution in [2.75, 3.05) is 13.7 Å². The number of rotatable bonds is 2. The number of likely N-dealkylation sites (N-methyl/N-ethyl adjacent to an activating group) is 1. The lowest BCUT2D eigenvalue weighted by molar-refractivity contribution is 0.348. The number of ether oxygens (including phenoxy) is 1. The molecule has 0 aromatic heterocycles. The van der Waals surface area contributed by atoms with Crippen LogP contribution in [-0.2, 0) is 6.42 Å². The molecule has 2 nitrogen and oxygen atoms in total. The fraction of sp³-hybridized carbons (Fsp3) is 0.571. The van der Waals surface area contributed by atoms with Gasteiger partial charge in [0.05, 0.1) is 6.61 Å². The highest BCUT2D eigenvalue weighted by Gasteiger charge is 2.31. The van der Waals surface area contributed by atoms with Gasteiger partial charge in [0, 0.05) is 18.4 Å². The highest BCUT2D eigenvalue weighted by atomic mass is 16.5. The summed E-state index contributed by atoms with van der Waals surface area (Å²) in [5, 5.41) is 3.45. The van der Waals surface area contributed by atoms with Crippen LogP contribution in [0, 0.1) is 0 Å². The number of hydrogen-bond acceptors (Lipinski definition) is 2. The van der Waals surface area contributed by atoms with E-state index in [0.29, 0.717) is 12.0 Å². The van der Waals surface area contributed by atoms with Gasteiger partial charge in [-0.15, -0.1) is 0 Å². The fourth-order valence-corrected chi connectivity index (χ4v) is 3.21. The maximum atomic E-state index is 5.81. The van der Waals surface area contributed by atoms with Gasteiger partial charge in [-0.05, 0) is 31.0 Å². The molecule has 0 spiro atoms. The summed E-state index contributed by atoms with van der Waals surface area (Å²) in [6, 6.07) is 7.28. The van der Waals surface area contributed by atoms with Crippen LogP contribution in [0.1, 0.15) is 36.3 Å². The minimum Gasteiger partial charge on any atom is -0.493 e. The van der Waals surface area contributed by atoms with E-state index in [-0.39, 0.29) is 0 Å². The molecule has 0 bridgehead atoms. The van der Waals surface area contributed by atoms with Gasteiger partial charge in [-0.1, -0.05) is 24.6 Å². The van der Waals surface area contributed by atoms with E-state index < -0.39 is 0 Å². The topological polar surface area (TPSA) is 21.3 Å². The Bertz CT molecular complexity index is 388. The number of fused-ring (bicyclic) bond motifs is 1. The van der Waals surface area contributed by atoms with Crippen LogP contribution in [0.2, 0.25) is 0 Å². The molecule has 3 rings (SSSR count). The summed E-state index contributed by atoms with van der Waals surface area (Å²) in [6.07, 6.45) is 5.01. The van der Waals surface area contributed by atoms with Crippen LogP contribution in [0.3, 0.4) is 0 Å². The summed E-state index contributed by atoms with van der Waals surface area (Å²) in [7, 11) is 2.08. The van der Waals surface area contributed by atoms with Gasteiger partial charge in [-0.2, -0.15) is 0 Å². The Morgan fingerprint density at radius 2 is 2.25 bits per heavy atom. The molecule has 0 saturated heterocycles. The molecule has 0 radical (unpaired) electrons. The van der Waals surface area contributed by atoms with Crippen LogP contribution in [0.15, 0.2) is 18.2 Å². The van der Waals surface area contributed by atoms with Crippen molar-refractivity contribution in [1.29, 1.82) is 0 Å².